The second-order valence-electron chi connectivity index (χ2n) is 2.65. The first kappa shape index (κ1) is 10.2. The fourth-order valence-corrected chi connectivity index (χ4v) is 1.26. The highest BCUT2D eigenvalue weighted by molar-refractivity contribution is 6.32. The van der Waals surface area contributed by atoms with E-state index in [0.29, 0.717) is 5.56 Å². The second kappa shape index (κ2) is 3.91. The van der Waals surface area contributed by atoms with Crippen molar-refractivity contribution >= 4 is 11.6 Å². The molecule has 0 unspecified atom stereocenters. The molecule has 3 nitrogen and oxygen atoms in total. The average Bonchev–Trinajstić information content (AvgIpc) is 2.09. The molecule has 0 aliphatic heterocycles. The molecular weight excluding hydrogens is 197 g/mol. The Morgan fingerprint density at radius 1 is 1.62 bits per heavy atom. The number of halogens is 2. The third kappa shape index (κ3) is 1.91. The van der Waals surface area contributed by atoms with Crippen LogP contribution in [0.3, 0.4) is 0 Å². The molecule has 0 atom stereocenters. The topological polar surface area (TPSA) is 52.5 Å². The summed E-state index contributed by atoms with van der Waals surface area (Å²) in [5.74, 6) is -1.27. The van der Waals surface area contributed by atoms with Crippen LogP contribution < -0.4 is 5.48 Å². The van der Waals surface area contributed by atoms with E-state index in [1.54, 1.807) is 6.92 Å². The van der Waals surface area contributed by atoms with Crippen LogP contribution in [-0.2, 0) is 6.54 Å². The Morgan fingerprint density at radius 2 is 2.23 bits per heavy atom. The van der Waals surface area contributed by atoms with Gasteiger partial charge in [0.1, 0.15) is 0 Å². The molecule has 0 amide bonds. The van der Waals surface area contributed by atoms with Gasteiger partial charge in [-0.3, -0.25) is 0 Å². The predicted octanol–water partition coefficient (Wildman–Crippen LogP) is 1.97. The van der Waals surface area contributed by atoms with Crippen LogP contribution >= 0.6 is 11.6 Å². The zero-order valence-corrected chi connectivity index (χ0v) is 7.69. The summed E-state index contributed by atoms with van der Waals surface area (Å²) in [5, 5.41) is 17.9. The molecule has 0 heterocycles. The molecule has 0 bridgehead atoms. The third-order valence-corrected chi connectivity index (χ3v) is 2.25. The van der Waals surface area contributed by atoms with Gasteiger partial charge in [0.05, 0.1) is 11.6 Å². The van der Waals surface area contributed by atoms with Crippen LogP contribution in [0.4, 0.5) is 4.39 Å². The maximum absolute atomic E-state index is 12.9. The Bertz CT molecular complexity index is 304. The molecule has 1 aromatic rings. The van der Waals surface area contributed by atoms with E-state index < -0.39 is 11.6 Å². The van der Waals surface area contributed by atoms with Gasteiger partial charge in [0.15, 0.2) is 11.6 Å². The van der Waals surface area contributed by atoms with E-state index in [1.165, 1.54) is 0 Å². The van der Waals surface area contributed by atoms with Crippen molar-refractivity contribution in [3.63, 3.8) is 0 Å². The zero-order valence-electron chi connectivity index (χ0n) is 6.93. The van der Waals surface area contributed by atoms with Crippen molar-refractivity contribution in [2.75, 3.05) is 0 Å². The molecule has 0 spiro atoms. The minimum Gasteiger partial charge on any atom is -0.505 e. The Labute approximate surface area is 79.7 Å². The monoisotopic (exact) mass is 205 g/mol. The maximum Gasteiger partial charge on any atom is 0.165 e. The highest BCUT2D eigenvalue weighted by Crippen LogP contribution is 2.31. The summed E-state index contributed by atoms with van der Waals surface area (Å²) in [6, 6.07) is 1.14. The van der Waals surface area contributed by atoms with Crippen LogP contribution in [0.25, 0.3) is 0 Å². The number of benzene rings is 1. The molecule has 13 heavy (non-hydrogen) atoms. The minimum atomic E-state index is -0.743. The fraction of sp³-hybridized carbons (Fsp3) is 0.250. The zero-order chi connectivity index (χ0) is 10.0. The van der Waals surface area contributed by atoms with Crippen molar-refractivity contribution in [1.29, 1.82) is 0 Å². The summed E-state index contributed by atoms with van der Waals surface area (Å²) in [6.45, 7) is 1.52. The quantitative estimate of drug-likeness (QED) is 0.647. The van der Waals surface area contributed by atoms with E-state index in [0.717, 1.165) is 6.07 Å². The van der Waals surface area contributed by atoms with Gasteiger partial charge >= 0.3 is 0 Å². The summed E-state index contributed by atoms with van der Waals surface area (Å²) in [6.07, 6.45) is 0. The first-order chi connectivity index (χ1) is 6.07. The summed E-state index contributed by atoms with van der Waals surface area (Å²) in [7, 11) is 0. The van der Waals surface area contributed by atoms with Crippen molar-refractivity contribution in [3.8, 4) is 5.75 Å². The number of rotatable bonds is 2. The van der Waals surface area contributed by atoms with Crippen molar-refractivity contribution in [2.24, 2.45) is 0 Å². The van der Waals surface area contributed by atoms with Crippen LogP contribution in [0.2, 0.25) is 5.02 Å². The van der Waals surface area contributed by atoms with Crippen molar-refractivity contribution in [2.45, 2.75) is 13.5 Å². The van der Waals surface area contributed by atoms with Crippen molar-refractivity contribution in [1.82, 2.24) is 5.48 Å². The smallest absolute Gasteiger partial charge is 0.165 e. The number of nitrogens with one attached hydrogen (secondary N) is 1. The predicted molar refractivity (Wildman–Crippen MR) is 46.4 cm³/mol. The SMILES string of the molecule is Cc1cc(F)c(O)c(CNO)c1Cl. The Kier molecular flexibility index (Phi) is 3.08. The largest absolute Gasteiger partial charge is 0.505 e. The van der Waals surface area contributed by atoms with Crippen LogP contribution in [0.15, 0.2) is 6.07 Å². The number of hydroxylamine groups is 1. The van der Waals surface area contributed by atoms with Crippen LogP contribution in [0.5, 0.6) is 5.75 Å². The van der Waals surface area contributed by atoms with E-state index in [-0.39, 0.29) is 17.1 Å². The lowest BCUT2D eigenvalue weighted by Gasteiger charge is -2.09. The van der Waals surface area contributed by atoms with Crippen LogP contribution in [-0.4, -0.2) is 10.3 Å². The number of hydrogen-bond acceptors (Lipinski definition) is 3. The van der Waals surface area contributed by atoms with Gasteiger partial charge in [0, 0.05) is 5.56 Å². The number of hydrogen-bond donors (Lipinski definition) is 3. The number of phenolic OH excluding ortho intramolecular Hbond substituents is 1. The minimum absolute atomic E-state index is 0.0940. The lowest BCUT2D eigenvalue weighted by atomic mass is 10.1. The van der Waals surface area contributed by atoms with E-state index in [9.17, 15) is 9.50 Å². The van der Waals surface area contributed by atoms with E-state index in [1.807, 2.05) is 5.48 Å². The Hall–Kier alpha value is -0.840. The molecule has 0 saturated carbocycles. The van der Waals surface area contributed by atoms with Gasteiger partial charge in [-0.2, -0.15) is 0 Å². The summed E-state index contributed by atoms with van der Waals surface area (Å²) in [4.78, 5) is 0. The molecule has 0 aromatic heterocycles. The molecule has 0 fully saturated rings. The molecule has 1 rings (SSSR count). The van der Waals surface area contributed by atoms with Gasteiger partial charge in [0.25, 0.3) is 0 Å². The normalized spacial score (nSPS) is 10.5. The molecule has 0 aliphatic rings. The first-order valence-electron chi connectivity index (χ1n) is 3.61. The van der Waals surface area contributed by atoms with Gasteiger partial charge in [-0.1, -0.05) is 11.6 Å². The number of phenols is 1. The molecule has 1 aromatic carbocycles. The highest BCUT2D eigenvalue weighted by atomic mass is 35.5. The molecule has 0 radical (unpaired) electrons. The Morgan fingerprint density at radius 3 is 2.77 bits per heavy atom. The molecular formula is C8H9ClFNO2. The first-order valence-corrected chi connectivity index (χ1v) is 3.99. The maximum atomic E-state index is 12.9. The van der Waals surface area contributed by atoms with Gasteiger partial charge in [-0.05, 0) is 18.6 Å². The van der Waals surface area contributed by atoms with E-state index in [2.05, 4.69) is 0 Å². The average molecular weight is 206 g/mol. The van der Waals surface area contributed by atoms with E-state index in [4.69, 9.17) is 16.8 Å². The summed E-state index contributed by atoms with van der Waals surface area (Å²) < 4.78 is 12.9. The summed E-state index contributed by atoms with van der Waals surface area (Å²) >= 11 is 5.77. The summed E-state index contributed by atoms with van der Waals surface area (Å²) in [5.41, 5.74) is 2.48. The van der Waals surface area contributed by atoms with Gasteiger partial charge in [-0.25, -0.2) is 9.87 Å². The molecule has 0 aliphatic carbocycles. The molecule has 72 valence electrons. The molecule has 5 heteroatoms. The number of aryl methyl sites for hydroxylation is 1. The third-order valence-electron chi connectivity index (χ3n) is 1.72. The van der Waals surface area contributed by atoms with Crippen molar-refractivity contribution in [3.05, 3.63) is 28.0 Å². The lowest BCUT2D eigenvalue weighted by Crippen LogP contribution is -2.08. The van der Waals surface area contributed by atoms with Crippen LogP contribution in [0, 0.1) is 12.7 Å². The van der Waals surface area contributed by atoms with E-state index >= 15 is 0 Å². The van der Waals surface area contributed by atoms with Gasteiger partial charge < -0.3 is 10.3 Å². The number of aromatic hydroxyl groups is 1. The van der Waals surface area contributed by atoms with Crippen LogP contribution in [0.1, 0.15) is 11.1 Å². The van der Waals surface area contributed by atoms with Gasteiger partial charge in [0.2, 0.25) is 0 Å². The molecule has 3 N–H and O–H groups in total. The molecule has 0 saturated heterocycles. The fourth-order valence-electron chi connectivity index (χ4n) is 1.05. The van der Waals surface area contributed by atoms with Crippen molar-refractivity contribution < 1.29 is 14.7 Å². The highest BCUT2D eigenvalue weighted by Gasteiger charge is 2.13. The Balaban J connectivity index is 3.28. The standard InChI is InChI=1S/C8H9ClFNO2/c1-4-2-6(10)8(12)5(3-11-13)7(4)9/h2,11-13H,3H2,1H3. The van der Waals surface area contributed by atoms with Gasteiger partial charge in [-0.15, -0.1) is 0 Å². The lowest BCUT2D eigenvalue weighted by molar-refractivity contribution is 0.160. The second-order valence-corrected chi connectivity index (χ2v) is 3.03.